The summed E-state index contributed by atoms with van der Waals surface area (Å²) >= 11 is 3.48. The van der Waals surface area contributed by atoms with Crippen LogP contribution in [0.4, 0.5) is 0 Å². The molecule has 0 spiro atoms. The predicted octanol–water partition coefficient (Wildman–Crippen LogP) is 1.71. The van der Waals surface area contributed by atoms with Crippen LogP contribution in [0.15, 0.2) is 22.7 Å². The van der Waals surface area contributed by atoms with Crippen LogP contribution < -0.4 is 10.5 Å². The van der Waals surface area contributed by atoms with Crippen LogP contribution in [-0.2, 0) is 6.42 Å². The van der Waals surface area contributed by atoms with Crippen molar-refractivity contribution < 1.29 is 4.74 Å². The van der Waals surface area contributed by atoms with Gasteiger partial charge in [0.15, 0.2) is 0 Å². The highest BCUT2D eigenvalue weighted by Gasteiger charge is 2.22. The van der Waals surface area contributed by atoms with Gasteiger partial charge in [-0.25, -0.2) is 0 Å². The standard InChI is InChI=1S/C9H10BrNO/c10-8-2-1-3-9-7(8)4-6(5-11)12-9/h1-3,6H,4-5,11H2. The normalized spacial score (nSPS) is 20.3. The quantitative estimate of drug-likeness (QED) is 0.794. The average molecular weight is 228 g/mol. The fourth-order valence-corrected chi connectivity index (χ4v) is 1.94. The second-order valence-corrected chi connectivity index (χ2v) is 3.75. The highest BCUT2D eigenvalue weighted by Crippen LogP contribution is 2.33. The van der Waals surface area contributed by atoms with E-state index in [2.05, 4.69) is 15.9 Å². The van der Waals surface area contributed by atoms with E-state index < -0.39 is 0 Å². The van der Waals surface area contributed by atoms with Crippen LogP contribution in [0.25, 0.3) is 0 Å². The fraction of sp³-hybridized carbons (Fsp3) is 0.333. The molecule has 1 heterocycles. The second kappa shape index (κ2) is 3.07. The zero-order valence-corrected chi connectivity index (χ0v) is 8.17. The summed E-state index contributed by atoms with van der Waals surface area (Å²) in [6.45, 7) is 0.584. The molecule has 64 valence electrons. The molecule has 0 saturated carbocycles. The van der Waals surface area contributed by atoms with Gasteiger partial charge in [0.2, 0.25) is 0 Å². The van der Waals surface area contributed by atoms with Gasteiger partial charge in [-0.05, 0) is 12.1 Å². The van der Waals surface area contributed by atoms with Crippen molar-refractivity contribution in [3.63, 3.8) is 0 Å². The van der Waals surface area contributed by atoms with E-state index in [1.807, 2.05) is 18.2 Å². The van der Waals surface area contributed by atoms with Gasteiger partial charge in [0.1, 0.15) is 11.9 Å². The van der Waals surface area contributed by atoms with Crippen LogP contribution in [0.3, 0.4) is 0 Å². The largest absolute Gasteiger partial charge is 0.488 e. The van der Waals surface area contributed by atoms with Gasteiger partial charge in [-0.3, -0.25) is 0 Å². The summed E-state index contributed by atoms with van der Waals surface area (Å²) in [5.74, 6) is 0.972. The van der Waals surface area contributed by atoms with E-state index in [1.54, 1.807) is 0 Å². The van der Waals surface area contributed by atoms with Crippen LogP contribution in [0.1, 0.15) is 5.56 Å². The van der Waals surface area contributed by atoms with Gasteiger partial charge >= 0.3 is 0 Å². The lowest BCUT2D eigenvalue weighted by molar-refractivity contribution is 0.241. The van der Waals surface area contributed by atoms with E-state index in [9.17, 15) is 0 Å². The molecule has 0 aliphatic carbocycles. The van der Waals surface area contributed by atoms with Crippen molar-refractivity contribution in [2.75, 3.05) is 6.54 Å². The molecule has 1 aliphatic rings. The molecule has 1 aliphatic heterocycles. The number of halogens is 1. The average Bonchev–Trinajstić information content (AvgIpc) is 2.49. The topological polar surface area (TPSA) is 35.2 Å². The molecule has 1 aromatic carbocycles. The van der Waals surface area contributed by atoms with Crippen molar-refractivity contribution in [2.24, 2.45) is 5.73 Å². The van der Waals surface area contributed by atoms with Gasteiger partial charge in [0.25, 0.3) is 0 Å². The molecule has 3 heteroatoms. The third-order valence-corrected chi connectivity index (χ3v) is 2.81. The molecule has 2 rings (SSSR count). The molecule has 12 heavy (non-hydrogen) atoms. The van der Waals surface area contributed by atoms with E-state index in [-0.39, 0.29) is 6.10 Å². The number of benzene rings is 1. The Bertz CT molecular complexity index is 301. The van der Waals surface area contributed by atoms with Crippen LogP contribution >= 0.6 is 15.9 Å². The summed E-state index contributed by atoms with van der Waals surface area (Å²) in [4.78, 5) is 0. The number of fused-ring (bicyclic) bond motifs is 1. The monoisotopic (exact) mass is 227 g/mol. The van der Waals surface area contributed by atoms with Gasteiger partial charge in [-0.2, -0.15) is 0 Å². The molecule has 0 saturated heterocycles. The van der Waals surface area contributed by atoms with Crippen LogP contribution in [-0.4, -0.2) is 12.6 Å². The van der Waals surface area contributed by atoms with Crippen molar-refractivity contribution in [3.05, 3.63) is 28.2 Å². The minimum atomic E-state index is 0.165. The minimum Gasteiger partial charge on any atom is -0.488 e. The van der Waals surface area contributed by atoms with Crippen LogP contribution in [0, 0.1) is 0 Å². The summed E-state index contributed by atoms with van der Waals surface area (Å²) in [5, 5.41) is 0. The highest BCUT2D eigenvalue weighted by atomic mass is 79.9. The van der Waals surface area contributed by atoms with Gasteiger partial charge in [-0.15, -0.1) is 0 Å². The van der Waals surface area contributed by atoms with Crippen molar-refractivity contribution in [1.82, 2.24) is 0 Å². The first-order valence-corrected chi connectivity index (χ1v) is 4.74. The Labute approximate surface area is 79.8 Å². The Balaban J connectivity index is 2.35. The summed E-state index contributed by atoms with van der Waals surface area (Å²) < 4.78 is 6.70. The molecule has 0 bridgehead atoms. The van der Waals surface area contributed by atoms with Crippen molar-refractivity contribution in [1.29, 1.82) is 0 Å². The maximum atomic E-state index is 5.58. The van der Waals surface area contributed by atoms with Gasteiger partial charge in [-0.1, -0.05) is 22.0 Å². The molecule has 1 atom stereocenters. The molecule has 2 N–H and O–H groups in total. The highest BCUT2D eigenvalue weighted by molar-refractivity contribution is 9.10. The van der Waals surface area contributed by atoms with Crippen LogP contribution in [0.5, 0.6) is 5.75 Å². The summed E-state index contributed by atoms with van der Waals surface area (Å²) in [6.07, 6.45) is 1.09. The molecule has 0 amide bonds. The summed E-state index contributed by atoms with van der Waals surface area (Å²) in [7, 11) is 0. The molecular formula is C9H10BrNO. The Kier molecular flexibility index (Phi) is 2.07. The first-order valence-electron chi connectivity index (χ1n) is 3.95. The van der Waals surface area contributed by atoms with Crippen molar-refractivity contribution in [3.8, 4) is 5.75 Å². The third kappa shape index (κ3) is 1.23. The summed E-state index contributed by atoms with van der Waals surface area (Å²) in [5.41, 5.74) is 6.77. The van der Waals surface area contributed by atoms with E-state index in [0.29, 0.717) is 6.54 Å². The molecule has 1 unspecified atom stereocenters. The zero-order chi connectivity index (χ0) is 8.55. The molecule has 0 fully saturated rings. The van der Waals surface area contributed by atoms with Gasteiger partial charge < -0.3 is 10.5 Å². The SMILES string of the molecule is NCC1Cc2c(Br)cccc2O1. The maximum Gasteiger partial charge on any atom is 0.124 e. The Morgan fingerprint density at radius 1 is 1.58 bits per heavy atom. The Morgan fingerprint density at radius 2 is 2.42 bits per heavy atom. The lowest BCUT2D eigenvalue weighted by atomic mass is 10.1. The predicted molar refractivity (Wildman–Crippen MR) is 51.3 cm³/mol. The molecule has 0 radical (unpaired) electrons. The van der Waals surface area contributed by atoms with E-state index in [0.717, 1.165) is 16.6 Å². The number of hydrogen-bond acceptors (Lipinski definition) is 2. The lowest BCUT2D eigenvalue weighted by Gasteiger charge is -2.05. The number of rotatable bonds is 1. The number of hydrogen-bond donors (Lipinski definition) is 1. The maximum absolute atomic E-state index is 5.58. The third-order valence-electron chi connectivity index (χ3n) is 2.06. The number of ether oxygens (including phenoxy) is 1. The van der Waals surface area contributed by atoms with E-state index >= 15 is 0 Å². The van der Waals surface area contributed by atoms with Crippen molar-refractivity contribution in [2.45, 2.75) is 12.5 Å². The molecule has 0 aromatic heterocycles. The fourth-order valence-electron chi connectivity index (χ4n) is 1.43. The summed E-state index contributed by atoms with van der Waals surface area (Å²) in [6, 6.07) is 5.98. The Hall–Kier alpha value is -0.540. The molecule has 1 aromatic rings. The van der Waals surface area contributed by atoms with E-state index in [4.69, 9.17) is 10.5 Å². The number of nitrogens with two attached hydrogens (primary N) is 1. The van der Waals surface area contributed by atoms with Gasteiger partial charge in [0.05, 0.1) is 0 Å². The van der Waals surface area contributed by atoms with Gasteiger partial charge in [0, 0.05) is 23.0 Å². The zero-order valence-electron chi connectivity index (χ0n) is 6.59. The lowest BCUT2D eigenvalue weighted by Crippen LogP contribution is -2.24. The first kappa shape index (κ1) is 8.08. The molecular weight excluding hydrogens is 218 g/mol. The molecule has 2 nitrogen and oxygen atoms in total. The second-order valence-electron chi connectivity index (χ2n) is 2.90. The van der Waals surface area contributed by atoms with E-state index in [1.165, 1.54) is 5.56 Å². The smallest absolute Gasteiger partial charge is 0.124 e. The minimum absolute atomic E-state index is 0.165. The van der Waals surface area contributed by atoms with Crippen LogP contribution in [0.2, 0.25) is 0 Å². The Morgan fingerprint density at radius 3 is 3.08 bits per heavy atom. The first-order chi connectivity index (χ1) is 5.81. The van der Waals surface area contributed by atoms with Crippen molar-refractivity contribution >= 4 is 15.9 Å².